The summed E-state index contributed by atoms with van der Waals surface area (Å²) < 4.78 is 10.9. The molecule has 4 rings (SSSR count). The van der Waals surface area contributed by atoms with Crippen LogP contribution in [0.4, 0.5) is 11.5 Å². The van der Waals surface area contributed by atoms with E-state index in [1.165, 1.54) is 5.57 Å². The maximum Gasteiger partial charge on any atom is 0.259 e. The minimum absolute atomic E-state index is 0.219. The number of hydrogen-bond donors (Lipinski definition) is 3. The molecule has 0 saturated carbocycles. The normalized spacial score (nSPS) is 18.8. The summed E-state index contributed by atoms with van der Waals surface area (Å²) >= 11 is 0. The van der Waals surface area contributed by atoms with E-state index in [2.05, 4.69) is 26.6 Å². The van der Waals surface area contributed by atoms with Crippen LogP contribution in [0.2, 0.25) is 0 Å². The number of aryl methyl sites for hydroxylation is 1. The SMILES string of the molecule is CCOCc1ccc(N/C(C)=C(\C=N)C(=O)Nc2cnc(C3=CCC(N4CCOCC4)CC3)c(C)c2)nc1. The molecule has 2 aliphatic rings. The van der Waals surface area contributed by atoms with Crippen LogP contribution in [-0.4, -0.2) is 65.9 Å². The molecule has 1 saturated heterocycles. The van der Waals surface area contributed by atoms with Gasteiger partial charge in [-0.15, -0.1) is 0 Å². The molecule has 0 radical (unpaired) electrons. The van der Waals surface area contributed by atoms with Crippen molar-refractivity contribution in [2.45, 2.75) is 52.7 Å². The van der Waals surface area contributed by atoms with Gasteiger partial charge in [0.15, 0.2) is 0 Å². The van der Waals surface area contributed by atoms with Crippen molar-refractivity contribution in [3.05, 3.63) is 64.8 Å². The highest BCUT2D eigenvalue weighted by atomic mass is 16.5. The maximum absolute atomic E-state index is 13.0. The molecule has 3 N–H and O–H groups in total. The minimum atomic E-state index is -0.378. The Bertz CT molecular complexity index is 1190. The Hall–Kier alpha value is -3.40. The maximum atomic E-state index is 13.0. The molecule has 1 unspecified atom stereocenters. The lowest BCUT2D eigenvalue weighted by molar-refractivity contribution is -0.112. The zero-order valence-corrected chi connectivity index (χ0v) is 22.5. The van der Waals surface area contributed by atoms with Gasteiger partial charge in [0, 0.05) is 43.8 Å². The summed E-state index contributed by atoms with van der Waals surface area (Å²) in [6, 6.07) is 6.26. The summed E-state index contributed by atoms with van der Waals surface area (Å²) in [7, 11) is 0. The van der Waals surface area contributed by atoms with Gasteiger partial charge in [0.25, 0.3) is 5.91 Å². The molecule has 0 bridgehead atoms. The first-order valence-electron chi connectivity index (χ1n) is 13.3. The van der Waals surface area contributed by atoms with Crippen LogP contribution in [0.15, 0.2) is 47.9 Å². The number of hydrogen-bond acceptors (Lipinski definition) is 8. The Morgan fingerprint density at radius 2 is 2.05 bits per heavy atom. The lowest BCUT2D eigenvalue weighted by Gasteiger charge is -2.36. The van der Waals surface area contributed by atoms with E-state index in [0.29, 0.717) is 36.5 Å². The largest absolute Gasteiger partial charge is 0.379 e. The average Bonchev–Trinajstić information content (AvgIpc) is 2.94. The van der Waals surface area contributed by atoms with Gasteiger partial charge in [-0.1, -0.05) is 12.1 Å². The van der Waals surface area contributed by atoms with Gasteiger partial charge in [-0.05, 0) is 68.9 Å². The number of amides is 1. The third-order valence-corrected chi connectivity index (χ3v) is 6.99. The first-order valence-corrected chi connectivity index (χ1v) is 13.3. The fraction of sp³-hybridized carbons (Fsp3) is 0.448. The van der Waals surface area contributed by atoms with E-state index in [4.69, 9.17) is 19.9 Å². The van der Waals surface area contributed by atoms with Crippen molar-refractivity contribution in [3.63, 3.8) is 0 Å². The van der Waals surface area contributed by atoms with Crippen LogP contribution < -0.4 is 10.6 Å². The van der Waals surface area contributed by atoms with Gasteiger partial charge in [0.1, 0.15) is 5.82 Å². The highest BCUT2D eigenvalue weighted by molar-refractivity contribution is 6.17. The molecule has 38 heavy (non-hydrogen) atoms. The molecule has 2 aromatic heterocycles. The van der Waals surface area contributed by atoms with E-state index < -0.39 is 0 Å². The van der Waals surface area contributed by atoms with Crippen molar-refractivity contribution >= 4 is 29.2 Å². The van der Waals surface area contributed by atoms with Crippen molar-refractivity contribution in [3.8, 4) is 0 Å². The molecule has 0 spiro atoms. The molecule has 9 heteroatoms. The van der Waals surface area contributed by atoms with Crippen LogP contribution in [0.5, 0.6) is 0 Å². The molecule has 2 aromatic rings. The second-order valence-electron chi connectivity index (χ2n) is 9.65. The number of nitrogens with zero attached hydrogens (tertiary/aromatic N) is 3. The lowest BCUT2D eigenvalue weighted by Crippen LogP contribution is -2.43. The van der Waals surface area contributed by atoms with Crippen LogP contribution in [0.25, 0.3) is 5.57 Å². The summed E-state index contributed by atoms with van der Waals surface area (Å²) in [6.45, 7) is 10.5. The molecule has 1 amide bonds. The molecule has 1 aliphatic heterocycles. The number of pyridine rings is 2. The third kappa shape index (κ3) is 7.12. The smallest absolute Gasteiger partial charge is 0.259 e. The van der Waals surface area contributed by atoms with Crippen molar-refractivity contribution in [1.29, 1.82) is 5.41 Å². The molecule has 1 aliphatic carbocycles. The first-order chi connectivity index (χ1) is 18.5. The molecular formula is C29H38N6O3. The molecule has 3 heterocycles. The van der Waals surface area contributed by atoms with E-state index in [1.54, 1.807) is 19.3 Å². The average molecular weight is 519 g/mol. The van der Waals surface area contributed by atoms with E-state index >= 15 is 0 Å². The lowest BCUT2D eigenvalue weighted by atomic mass is 9.90. The van der Waals surface area contributed by atoms with Gasteiger partial charge in [0.05, 0.1) is 43.0 Å². The van der Waals surface area contributed by atoms with Gasteiger partial charge >= 0.3 is 0 Å². The summed E-state index contributed by atoms with van der Waals surface area (Å²) in [5, 5.41) is 13.8. The predicted octanol–water partition coefficient (Wildman–Crippen LogP) is 4.56. The standard InChI is InChI=1S/C29H38N6O3/c1-4-37-19-22-5-10-27(31-17-22)33-21(3)26(16-30)29(36)34-24-15-20(2)28(32-18-24)23-6-8-25(9-7-23)35-11-13-38-14-12-35/h5-6,10,15-18,25,30H,4,7-9,11-14,19H2,1-3H3,(H,31,33)(H,34,36)/b26-21+,30-16?. The van der Waals surface area contributed by atoms with Crippen LogP contribution in [0.3, 0.4) is 0 Å². The number of rotatable bonds is 10. The number of ether oxygens (including phenoxy) is 2. The monoisotopic (exact) mass is 518 g/mol. The number of allylic oxidation sites excluding steroid dienone is 2. The van der Waals surface area contributed by atoms with E-state index in [-0.39, 0.29) is 11.5 Å². The summed E-state index contributed by atoms with van der Waals surface area (Å²) in [5.41, 5.74) is 5.60. The molecule has 1 fully saturated rings. The van der Waals surface area contributed by atoms with E-state index in [1.807, 2.05) is 32.0 Å². The fourth-order valence-electron chi connectivity index (χ4n) is 4.89. The molecule has 0 aromatic carbocycles. The van der Waals surface area contributed by atoms with Crippen molar-refractivity contribution < 1.29 is 14.3 Å². The fourth-order valence-corrected chi connectivity index (χ4v) is 4.89. The number of aromatic nitrogens is 2. The minimum Gasteiger partial charge on any atom is -0.379 e. The quantitative estimate of drug-likeness (QED) is 0.312. The highest BCUT2D eigenvalue weighted by Gasteiger charge is 2.24. The zero-order chi connectivity index (χ0) is 26.9. The van der Waals surface area contributed by atoms with Crippen molar-refractivity contribution in [2.24, 2.45) is 0 Å². The number of carbonyl (C=O) groups is 1. The Kier molecular flexibility index (Phi) is 9.75. The van der Waals surface area contributed by atoms with Gasteiger partial charge < -0.3 is 25.5 Å². The topological polar surface area (TPSA) is 112 Å². The second kappa shape index (κ2) is 13.4. The number of nitrogens with one attached hydrogen (secondary N) is 3. The van der Waals surface area contributed by atoms with Gasteiger partial charge in [-0.25, -0.2) is 4.98 Å². The second-order valence-corrected chi connectivity index (χ2v) is 9.65. The van der Waals surface area contributed by atoms with Crippen LogP contribution in [0.1, 0.15) is 49.9 Å². The molecule has 9 nitrogen and oxygen atoms in total. The Labute approximate surface area is 224 Å². The van der Waals surface area contributed by atoms with Gasteiger partial charge in [-0.2, -0.15) is 0 Å². The zero-order valence-electron chi connectivity index (χ0n) is 22.5. The highest BCUT2D eigenvalue weighted by Crippen LogP contribution is 2.31. The summed E-state index contributed by atoms with van der Waals surface area (Å²) in [4.78, 5) is 24.6. The first kappa shape index (κ1) is 27.6. The number of morpholine rings is 1. The van der Waals surface area contributed by atoms with E-state index in [9.17, 15) is 4.79 Å². The van der Waals surface area contributed by atoms with Crippen molar-refractivity contribution in [1.82, 2.24) is 14.9 Å². The van der Waals surface area contributed by atoms with Crippen LogP contribution in [-0.2, 0) is 20.9 Å². The molecular weight excluding hydrogens is 480 g/mol. The predicted molar refractivity (Wildman–Crippen MR) is 150 cm³/mol. The number of carbonyl (C=O) groups excluding carboxylic acids is 1. The van der Waals surface area contributed by atoms with Crippen molar-refractivity contribution in [2.75, 3.05) is 43.5 Å². The van der Waals surface area contributed by atoms with Gasteiger partial charge in [-0.3, -0.25) is 14.7 Å². The van der Waals surface area contributed by atoms with Gasteiger partial charge in [0.2, 0.25) is 0 Å². The molecule has 202 valence electrons. The number of anilines is 2. The van der Waals surface area contributed by atoms with Crippen LogP contribution >= 0.6 is 0 Å². The third-order valence-electron chi connectivity index (χ3n) is 6.99. The Morgan fingerprint density at radius 1 is 1.24 bits per heavy atom. The Morgan fingerprint density at radius 3 is 2.68 bits per heavy atom. The summed E-state index contributed by atoms with van der Waals surface area (Å²) in [5.74, 6) is 0.213. The molecule has 1 atom stereocenters. The van der Waals surface area contributed by atoms with E-state index in [0.717, 1.165) is 68.6 Å². The van der Waals surface area contributed by atoms with Crippen LogP contribution in [0, 0.1) is 12.3 Å². The Balaban J connectivity index is 1.38. The summed E-state index contributed by atoms with van der Waals surface area (Å²) in [6.07, 6.45) is 9.93.